The number of para-hydroxylation sites is 1. The molecule has 6 heteroatoms. The minimum absolute atomic E-state index is 0.0676. The minimum atomic E-state index is 0.0676. The number of carbonyl (C=O) groups excluding carboxylic acids is 1. The largest absolute Gasteiger partial charge is 0.489 e. The molecule has 5 nitrogen and oxygen atoms in total. The maximum Gasteiger partial charge on any atom is 0.222 e. The minimum Gasteiger partial charge on any atom is -0.489 e. The van der Waals surface area contributed by atoms with E-state index in [1.54, 1.807) is 0 Å². The predicted molar refractivity (Wildman–Crippen MR) is 79.6 cm³/mol. The number of ether oxygens (including phenoxy) is 1. The van der Waals surface area contributed by atoms with E-state index in [-0.39, 0.29) is 18.1 Å². The van der Waals surface area contributed by atoms with Crippen molar-refractivity contribution in [3.63, 3.8) is 0 Å². The van der Waals surface area contributed by atoms with Crippen LogP contribution in [-0.4, -0.2) is 28.1 Å². The molecule has 1 unspecified atom stereocenters. The quantitative estimate of drug-likeness (QED) is 0.854. The molecule has 1 aliphatic rings. The Balaban J connectivity index is 2.12. The molecule has 2 heterocycles. The maximum atomic E-state index is 11.4. The van der Waals surface area contributed by atoms with Gasteiger partial charge in [0.05, 0.1) is 17.7 Å². The lowest BCUT2D eigenvalue weighted by Gasteiger charge is -2.12. The Bertz CT molecular complexity index is 717. The van der Waals surface area contributed by atoms with Crippen molar-refractivity contribution in [3.05, 3.63) is 23.0 Å². The van der Waals surface area contributed by atoms with Crippen molar-refractivity contribution in [1.82, 2.24) is 14.9 Å². The van der Waals surface area contributed by atoms with Crippen LogP contribution in [0.1, 0.15) is 26.3 Å². The summed E-state index contributed by atoms with van der Waals surface area (Å²) in [4.78, 5) is 14.6. The van der Waals surface area contributed by atoms with Crippen molar-refractivity contribution in [2.45, 2.75) is 32.4 Å². The van der Waals surface area contributed by atoms with E-state index in [4.69, 9.17) is 17.0 Å². The van der Waals surface area contributed by atoms with Gasteiger partial charge in [0, 0.05) is 13.0 Å². The lowest BCUT2D eigenvalue weighted by Crippen LogP contribution is -2.15. The van der Waals surface area contributed by atoms with Gasteiger partial charge in [-0.2, -0.15) is 0 Å². The highest BCUT2D eigenvalue weighted by Gasteiger charge is 2.25. The first-order chi connectivity index (χ1) is 9.56. The lowest BCUT2D eigenvalue weighted by molar-refractivity contribution is -0.119. The molecule has 1 saturated heterocycles. The average Bonchev–Trinajstić information content (AvgIpc) is 2.92. The van der Waals surface area contributed by atoms with E-state index >= 15 is 0 Å². The number of aromatic nitrogens is 2. The zero-order valence-electron chi connectivity index (χ0n) is 11.5. The van der Waals surface area contributed by atoms with Gasteiger partial charge in [-0.25, -0.2) is 0 Å². The van der Waals surface area contributed by atoms with Gasteiger partial charge in [0.2, 0.25) is 5.91 Å². The molecule has 0 saturated carbocycles. The van der Waals surface area contributed by atoms with E-state index in [1.807, 2.05) is 36.6 Å². The second kappa shape index (κ2) is 4.94. The summed E-state index contributed by atoms with van der Waals surface area (Å²) in [7, 11) is 0. The second-order valence-corrected chi connectivity index (χ2v) is 5.67. The Morgan fingerprint density at radius 3 is 2.90 bits per heavy atom. The number of hydrogen-bond donors (Lipinski definition) is 2. The molecule has 2 aromatic rings. The summed E-state index contributed by atoms with van der Waals surface area (Å²) in [6.45, 7) is 4.60. The van der Waals surface area contributed by atoms with Crippen LogP contribution >= 0.6 is 12.2 Å². The molecule has 0 radical (unpaired) electrons. The number of nitrogens with zero attached hydrogens (tertiary/aromatic N) is 1. The summed E-state index contributed by atoms with van der Waals surface area (Å²) in [5.74, 6) is 0.862. The first-order valence-corrected chi connectivity index (χ1v) is 7.13. The second-order valence-electron chi connectivity index (χ2n) is 5.28. The van der Waals surface area contributed by atoms with Gasteiger partial charge in [-0.15, -0.1) is 0 Å². The number of H-pyrrole nitrogens is 1. The van der Waals surface area contributed by atoms with E-state index in [1.165, 1.54) is 0 Å². The molecule has 1 fully saturated rings. The molecule has 2 N–H and O–H groups in total. The highest BCUT2D eigenvalue weighted by Crippen LogP contribution is 2.29. The van der Waals surface area contributed by atoms with Crippen molar-refractivity contribution < 1.29 is 9.53 Å². The van der Waals surface area contributed by atoms with Gasteiger partial charge in [-0.05, 0) is 38.2 Å². The molecule has 1 aromatic heterocycles. The fourth-order valence-corrected chi connectivity index (χ4v) is 2.96. The van der Waals surface area contributed by atoms with E-state index < -0.39 is 0 Å². The summed E-state index contributed by atoms with van der Waals surface area (Å²) < 4.78 is 8.44. The van der Waals surface area contributed by atoms with Crippen molar-refractivity contribution in [3.8, 4) is 5.75 Å². The predicted octanol–water partition coefficient (Wildman–Crippen LogP) is 2.55. The third kappa shape index (κ3) is 2.20. The summed E-state index contributed by atoms with van der Waals surface area (Å²) in [6, 6.07) is 5.94. The molecule has 1 aliphatic heterocycles. The fourth-order valence-electron chi connectivity index (χ4n) is 2.61. The SMILES string of the molecule is CC(C)Oc1cccc2c1[nH]c(=S)n2C1CNC(=O)C1. The van der Waals surface area contributed by atoms with Crippen LogP contribution < -0.4 is 10.1 Å². The number of fused-ring (bicyclic) bond motifs is 1. The molecule has 1 amide bonds. The number of rotatable bonds is 3. The topological polar surface area (TPSA) is 59.0 Å². The number of hydrogen-bond acceptors (Lipinski definition) is 3. The Morgan fingerprint density at radius 1 is 1.45 bits per heavy atom. The van der Waals surface area contributed by atoms with Gasteiger partial charge in [0.25, 0.3) is 0 Å². The molecule has 0 aliphatic carbocycles. The van der Waals surface area contributed by atoms with E-state index in [0.29, 0.717) is 17.7 Å². The molecular formula is C14H17N3O2S. The summed E-state index contributed by atoms with van der Waals surface area (Å²) in [6.07, 6.45) is 0.567. The average molecular weight is 291 g/mol. The van der Waals surface area contributed by atoms with Crippen molar-refractivity contribution in [1.29, 1.82) is 0 Å². The fraction of sp³-hybridized carbons (Fsp3) is 0.429. The number of benzene rings is 1. The molecule has 20 heavy (non-hydrogen) atoms. The molecule has 1 aromatic carbocycles. The maximum absolute atomic E-state index is 11.4. The van der Waals surface area contributed by atoms with Crippen LogP contribution in [0.25, 0.3) is 11.0 Å². The number of carbonyl (C=O) groups is 1. The lowest BCUT2D eigenvalue weighted by atomic mass is 10.2. The molecule has 0 spiro atoms. The van der Waals surface area contributed by atoms with Gasteiger partial charge < -0.3 is 19.6 Å². The zero-order chi connectivity index (χ0) is 14.3. The Hall–Kier alpha value is -1.82. The standard InChI is InChI=1S/C14H17N3O2S/c1-8(2)19-11-5-3-4-10-13(11)16-14(20)17(10)9-6-12(18)15-7-9/h3-5,8-9H,6-7H2,1-2H3,(H,15,18)(H,16,20). The summed E-state index contributed by atoms with van der Waals surface area (Å²) in [5, 5.41) is 2.85. The Kier molecular flexibility index (Phi) is 3.25. The number of imidazole rings is 1. The molecule has 0 bridgehead atoms. The van der Waals surface area contributed by atoms with Gasteiger partial charge in [0.1, 0.15) is 11.3 Å². The highest BCUT2D eigenvalue weighted by atomic mass is 32.1. The smallest absolute Gasteiger partial charge is 0.222 e. The van der Waals surface area contributed by atoms with E-state index in [0.717, 1.165) is 16.8 Å². The van der Waals surface area contributed by atoms with Crippen LogP contribution in [0.2, 0.25) is 0 Å². The number of aromatic amines is 1. The summed E-state index contributed by atoms with van der Waals surface area (Å²) in [5.41, 5.74) is 1.88. The van der Waals surface area contributed by atoms with E-state index in [9.17, 15) is 4.79 Å². The van der Waals surface area contributed by atoms with Gasteiger partial charge in [-0.3, -0.25) is 4.79 Å². The molecule has 1 atom stereocenters. The first-order valence-electron chi connectivity index (χ1n) is 6.73. The van der Waals surface area contributed by atoms with Crippen molar-refractivity contribution in [2.24, 2.45) is 0 Å². The van der Waals surface area contributed by atoms with Crippen molar-refractivity contribution >= 4 is 29.2 Å². The normalized spacial score (nSPS) is 18.8. The summed E-state index contributed by atoms with van der Waals surface area (Å²) >= 11 is 5.41. The third-order valence-corrected chi connectivity index (χ3v) is 3.70. The van der Waals surface area contributed by atoms with Crippen LogP contribution in [0.4, 0.5) is 0 Å². The molecular weight excluding hydrogens is 274 g/mol. The monoisotopic (exact) mass is 291 g/mol. The van der Waals surface area contributed by atoms with Crippen LogP contribution in [-0.2, 0) is 4.79 Å². The van der Waals surface area contributed by atoms with Crippen LogP contribution in [0.5, 0.6) is 5.75 Å². The van der Waals surface area contributed by atoms with Crippen LogP contribution in [0, 0.1) is 4.77 Å². The molecule has 106 valence electrons. The highest BCUT2D eigenvalue weighted by molar-refractivity contribution is 7.71. The third-order valence-electron chi connectivity index (χ3n) is 3.40. The van der Waals surface area contributed by atoms with Gasteiger partial charge >= 0.3 is 0 Å². The van der Waals surface area contributed by atoms with Crippen LogP contribution in [0.15, 0.2) is 18.2 Å². The number of amides is 1. The van der Waals surface area contributed by atoms with E-state index in [2.05, 4.69) is 10.3 Å². The number of nitrogens with one attached hydrogen (secondary N) is 2. The van der Waals surface area contributed by atoms with Gasteiger partial charge in [0.15, 0.2) is 4.77 Å². The van der Waals surface area contributed by atoms with Crippen molar-refractivity contribution in [2.75, 3.05) is 6.54 Å². The Labute approximate surface area is 121 Å². The Morgan fingerprint density at radius 2 is 2.25 bits per heavy atom. The van der Waals surface area contributed by atoms with Crippen LogP contribution in [0.3, 0.4) is 0 Å². The van der Waals surface area contributed by atoms with Gasteiger partial charge in [-0.1, -0.05) is 6.07 Å². The first kappa shape index (κ1) is 13.2. The molecule has 3 rings (SSSR count). The zero-order valence-corrected chi connectivity index (χ0v) is 12.3.